The maximum absolute atomic E-state index is 12.3. The number of hydrogen-bond donors (Lipinski definition) is 0. The fraction of sp³-hybridized carbons (Fsp3) is 0.0714. The normalized spacial score (nSPS) is 10.1. The number of non-ortho nitro benzene ring substituents is 1. The van der Waals surface area contributed by atoms with Gasteiger partial charge >= 0.3 is 0 Å². The van der Waals surface area contributed by atoms with E-state index in [2.05, 4.69) is 0 Å². The molecule has 0 atom stereocenters. The number of anilines is 1. The topological polar surface area (TPSA) is 63.5 Å². The molecule has 2 rings (SSSR count). The number of halogens is 1. The molecule has 0 saturated heterocycles. The van der Waals surface area contributed by atoms with Gasteiger partial charge in [-0.25, -0.2) is 0 Å². The largest absolute Gasteiger partial charge is 0.311 e. The zero-order valence-electron chi connectivity index (χ0n) is 10.6. The van der Waals surface area contributed by atoms with Crippen molar-refractivity contribution in [2.24, 2.45) is 0 Å². The van der Waals surface area contributed by atoms with Gasteiger partial charge in [-0.2, -0.15) is 0 Å². The number of nitrogens with zero attached hydrogens (tertiary/aromatic N) is 2. The Kier molecular flexibility index (Phi) is 4.00. The molecule has 102 valence electrons. The molecule has 0 radical (unpaired) electrons. The van der Waals surface area contributed by atoms with E-state index in [1.54, 1.807) is 19.2 Å². The summed E-state index contributed by atoms with van der Waals surface area (Å²) in [5.41, 5.74) is 0.796. The maximum atomic E-state index is 12.3. The fourth-order valence-corrected chi connectivity index (χ4v) is 2.00. The lowest BCUT2D eigenvalue weighted by atomic mass is 10.1. The van der Waals surface area contributed by atoms with E-state index in [0.717, 1.165) is 0 Å². The second-order valence-corrected chi connectivity index (χ2v) is 4.53. The molecule has 0 heterocycles. The molecule has 0 N–H and O–H groups in total. The van der Waals surface area contributed by atoms with E-state index in [-0.39, 0.29) is 22.2 Å². The van der Waals surface area contributed by atoms with Crippen LogP contribution in [0.5, 0.6) is 0 Å². The van der Waals surface area contributed by atoms with Crippen molar-refractivity contribution < 1.29 is 9.72 Å². The van der Waals surface area contributed by atoms with Crippen molar-refractivity contribution in [2.75, 3.05) is 11.9 Å². The molecular formula is C14H11ClN2O3. The van der Waals surface area contributed by atoms with Crippen molar-refractivity contribution in [2.45, 2.75) is 0 Å². The summed E-state index contributed by atoms with van der Waals surface area (Å²) in [4.78, 5) is 23.8. The van der Waals surface area contributed by atoms with Crippen LogP contribution in [0.4, 0.5) is 11.4 Å². The molecule has 5 nitrogen and oxygen atoms in total. The first-order valence-corrected chi connectivity index (χ1v) is 6.15. The first-order chi connectivity index (χ1) is 9.50. The van der Waals surface area contributed by atoms with E-state index in [0.29, 0.717) is 5.69 Å². The highest BCUT2D eigenvalue weighted by molar-refractivity contribution is 6.34. The summed E-state index contributed by atoms with van der Waals surface area (Å²) in [6.07, 6.45) is 0. The summed E-state index contributed by atoms with van der Waals surface area (Å²) in [6.45, 7) is 0. The van der Waals surface area contributed by atoms with E-state index in [4.69, 9.17) is 11.6 Å². The number of amides is 1. The van der Waals surface area contributed by atoms with E-state index in [1.165, 1.54) is 23.1 Å². The van der Waals surface area contributed by atoms with Gasteiger partial charge in [0.2, 0.25) is 0 Å². The monoisotopic (exact) mass is 290 g/mol. The summed E-state index contributed by atoms with van der Waals surface area (Å²) in [5.74, 6) is -0.323. The van der Waals surface area contributed by atoms with Crippen LogP contribution in [-0.4, -0.2) is 17.9 Å². The van der Waals surface area contributed by atoms with Gasteiger partial charge < -0.3 is 4.90 Å². The highest BCUT2D eigenvalue weighted by Gasteiger charge is 2.18. The number of benzene rings is 2. The molecule has 0 aliphatic rings. The van der Waals surface area contributed by atoms with E-state index in [1.807, 2.05) is 18.2 Å². The van der Waals surface area contributed by atoms with E-state index >= 15 is 0 Å². The van der Waals surface area contributed by atoms with Crippen LogP contribution in [0, 0.1) is 10.1 Å². The van der Waals surface area contributed by atoms with Crippen molar-refractivity contribution in [3.05, 3.63) is 69.2 Å². The van der Waals surface area contributed by atoms with Gasteiger partial charge in [-0.05, 0) is 18.2 Å². The molecular weight excluding hydrogens is 280 g/mol. The number of hydrogen-bond acceptors (Lipinski definition) is 3. The average molecular weight is 291 g/mol. The Labute approximate surface area is 120 Å². The van der Waals surface area contributed by atoms with Gasteiger partial charge in [-0.3, -0.25) is 14.9 Å². The van der Waals surface area contributed by atoms with E-state index < -0.39 is 4.92 Å². The highest BCUT2D eigenvalue weighted by Crippen LogP contribution is 2.25. The van der Waals surface area contributed by atoms with Crippen LogP contribution < -0.4 is 4.90 Å². The SMILES string of the molecule is CN(C(=O)c1ccc([N+](=O)[O-])cc1Cl)c1ccccc1. The minimum Gasteiger partial charge on any atom is -0.311 e. The Bertz CT molecular complexity index is 659. The average Bonchev–Trinajstić information content (AvgIpc) is 2.46. The Morgan fingerprint density at radius 3 is 2.40 bits per heavy atom. The molecule has 20 heavy (non-hydrogen) atoms. The predicted molar refractivity (Wildman–Crippen MR) is 77.3 cm³/mol. The number of carbonyl (C=O) groups excluding carboxylic acids is 1. The second-order valence-electron chi connectivity index (χ2n) is 4.12. The highest BCUT2D eigenvalue weighted by atomic mass is 35.5. The number of para-hydroxylation sites is 1. The Morgan fingerprint density at radius 2 is 1.85 bits per heavy atom. The van der Waals surface area contributed by atoms with Crippen molar-refractivity contribution in [1.82, 2.24) is 0 Å². The molecule has 0 aromatic heterocycles. The number of carbonyl (C=O) groups is 1. The van der Waals surface area contributed by atoms with Gasteiger partial charge in [-0.15, -0.1) is 0 Å². The van der Waals surface area contributed by atoms with Crippen molar-refractivity contribution in [3.8, 4) is 0 Å². The lowest BCUT2D eigenvalue weighted by molar-refractivity contribution is -0.384. The van der Waals surface area contributed by atoms with Crippen LogP contribution >= 0.6 is 11.6 Å². The predicted octanol–water partition coefficient (Wildman–Crippen LogP) is 3.52. The zero-order chi connectivity index (χ0) is 14.7. The molecule has 0 unspecified atom stereocenters. The van der Waals surface area contributed by atoms with E-state index in [9.17, 15) is 14.9 Å². The minimum absolute atomic E-state index is 0.0620. The lowest BCUT2D eigenvalue weighted by Gasteiger charge is -2.17. The lowest BCUT2D eigenvalue weighted by Crippen LogP contribution is -2.26. The quantitative estimate of drug-likeness (QED) is 0.642. The summed E-state index contributed by atoms with van der Waals surface area (Å²) in [7, 11) is 1.62. The molecule has 2 aromatic carbocycles. The summed E-state index contributed by atoms with van der Waals surface area (Å²) in [5, 5.41) is 10.7. The third kappa shape index (κ3) is 2.78. The van der Waals surface area contributed by atoms with Crippen molar-refractivity contribution >= 4 is 28.9 Å². The Balaban J connectivity index is 2.32. The van der Waals surface area contributed by atoms with Gasteiger partial charge in [0.25, 0.3) is 11.6 Å². The van der Waals surface area contributed by atoms with Gasteiger partial charge in [0, 0.05) is 24.9 Å². The van der Waals surface area contributed by atoms with Crippen LogP contribution in [0.1, 0.15) is 10.4 Å². The fourth-order valence-electron chi connectivity index (χ4n) is 1.74. The molecule has 0 aliphatic carbocycles. The first kappa shape index (κ1) is 14.0. The molecule has 0 aliphatic heterocycles. The summed E-state index contributed by atoms with van der Waals surface area (Å²) < 4.78 is 0. The molecule has 0 bridgehead atoms. The third-order valence-electron chi connectivity index (χ3n) is 2.84. The molecule has 0 saturated carbocycles. The second kappa shape index (κ2) is 5.71. The van der Waals surface area contributed by atoms with Crippen LogP contribution in [-0.2, 0) is 0 Å². The Morgan fingerprint density at radius 1 is 1.20 bits per heavy atom. The number of rotatable bonds is 3. The molecule has 1 amide bonds. The van der Waals surface area contributed by atoms with Gasteiger partial charge in [0.15, 0.2) is 0 Å². The summed E-state index contributed by atoms with van der Waals surface area (Å²) >= 11 is 5.95. The van der Waals surface area contributed by atoms with Crippen molar-refractivity contribution in [3.63, 3.8) is 0 Å². The number of nitro groups is 1. The van der Waals surface area contributed by atoms with Crippen LogP contribution in [0.3, 0.4) is 0 Å². The van der Waals surface area contributed by atoms with Crippen LogP contribution in [0.25, 0.3) is 0 Å². The standard InChI is InChI=1S/C14H11ClN2O3/c1-16(10-5-3-2-4-6-10)14(18)12-8-7-11(17(19)20)9-13(12)15/h2-9H,1H3. The zero-order valence-corrected chi connectivity index (χ0v) is 11.4. The van der Waals surface area contributed by atoms with Gasteiger partial charge in [0.05, 0.1) is 15.5 Å². The van der Waals surface area contributed by atoms with Crippen molar-refractivity contribution in [1.29, 1.82) is 0 Å². The Hall–Kier alpha value is -2.40. The van der Waals surface area contributed by atoms with Crippen LogP contribution in [0.2, 0.25) is 5.02 Å². The van der Waals surface area contributed by atoms with Gasteiger partial charge in [0.1, 0.15) is 0 Å². The van der Waals surface area contributed by atoms with Gasteiger partial charge in [-0.1, -0.05) is 29.8 Å². The smallest absolute Gasteiger partial charge is 0.270 e. The molecule has 6 heteroatoms. The maximum Gasteiger partial charge on any atom is 0.270 e. The molecule has 0 spiro atoms. The third-order valence-corrected chi connectivity index (χ3v) is 3.15. The summed E-state index contributed by atoms with van der Waals surface area (Å²) in [6, 6.07) is 12.9. The molecule has 0 fully saturated rings. The van der Waals surface area contributed by atoms with Crippen LogP contribution in [0.15, 0.2) is 48.5 Å². The number of nitro benzene ring substituents is 1. The first-order valence-electron chi connectivity index (χ1n) is 5.78. The molecule has 2 aromatic rings. The minimum atomic E-state index is -0.555.